The van der Waals surface area contributed by atoms with Crippen LogP contribution >= 0.6 is 0 Å². The standard InChI is InChI=1S/C24H29F2N3O/c1-3-23(30)28-14-11-20(12-15-28)29(19-8-6-18(7-9-19)24(2,25)26)22-16-27-13-10-21(22)17-4-5-17/h6-10,13,16-17,20H,3-5,11-12,14-15H2,1-2H3. The molecule has 1 aromatic carbocycles. The molecule has 1 aromatic heterocycles. The summed E-state index contributed by atoms with van der Waals surface area (Å²) < 4.78 is 27.5. The normalized spacial score (nSPS) is 17.8. The smallest absolute Gasteiger partial charge is 0.270 e. The Balaban J connectivity index is 1.67. The molecule has 1 aliphatic carbocycles. The highest BCUT2D eigenvalue weighted by Gasteiger charge is 2.33. The second-order valence-electron chi connectivity index (χ2n) is 8.48. The second-order valence-corrected chi connectivity index (χ2v) is 8.48. The van der Waals surface area contributed by atoms with Crippen LogP contribution in [-0.4, -0.2) is 34.9 Å². The summed E-state index contributed by atoms with van der Waals surface area (Å²) in [6, 6.07) is 8.90. The Hall–Kier alpha value is -2.50. The van der Waals surface area contributed by atoms with Gasteiger partial charge >= 0.3 is 0 Å². The zero-order valence-electron chi connectivity index (χ0n) is 17.7. The van der Waals surface area contributed by atoms with Gasteiger partial charge in [0, 0.05) is 49.9 Å². The van der Waals surface area contributed by atoms with Crippen LogP contribution in [0.5, 0.6) is 0 Å². The summed E-state index contributed by atoms with van der Waals surface area (Å²) >= 11 is 0. The van der Waals surface area contributed by atoms with Crippen molar-refractivity contribution in [2.24, 2.45) is 0 Å². The molecule has 2 aliphatic rings. The molecule has 0 atom stereocenters. The van der Waals surface area contributed by atoms with E-state index >= 15 is 0 Å². The summed E-state index contributed by atoms with van der Waals surface area (Å²) in [5, 5.41) is 0. The minimum atomic E-state index is -2.86. The topological polar surface area (TPSA) is 36.4 Å². The third-order valence-electron chi connectivity index (χ3n) is 6.25. The minimum absolute atomic E-state index is 0.0168. The molecular formula is C24H29F2N3O. The van der Waals surface area contributed by atoms with Crippen LogP contribution < -0.4 is 4.90 Å². The number of piperidine rings is 1. The number of pyridine rings is 1. The van der Waals surface area contributed by atoms with E-state index in [2.05, 4.69) is 16.0 Å². The molecule has 0 radical (unpaired) electrons. The van der Waals surface area contributed by atoms with E-state index in [0.717, 1.165) is 44.2 Å². The first kappa shape index (κ1) is 20.8. The largest absolute Gasteiger partial charge is 0.343 e. The lowest BCUT2D eigenvalue weighted by Gasteiger charge is -2.40. The van der Waals surface area contributed by atoms with Crippen molar-refractivity contribution in [1.29, 1.82) is 0 Å². The number of carbonyl (C=O) groups excluding carboxylic acids is 1. The first-order valence-electron chi connectivity index (χ1n) is 10.9. The summed E-state index contributed by atoms with van der Waals surface area (Å²) in [4.78, 5) is 20.7. The minimum Gasteiger partial charge on any atom is -0.343 e. The average molecular weight is 414 g/mol. The lowest BCUT2D eigenvalue weighted by atomic mass is 9.98. The molecule has 2 heterocycles. The van der Waals surface area contributed by atoms with E-state index < -0.39 is 5.92 Å². The van der Waals surface area contributed by atoms with E-state index in [-0.39, 0.29) is 17.5 Å². The molecule has 4 rings (SSSR count). The fraction of sp³-hybridized carbons (Fsp3) is 0.500. The number of halogens is 2. The predicted octanol–water partition coefficient (Wildman–Crippen LogP) is 5.61. The van der Waals surface area contributed by atoms with E-state index in [1.54, 1.807) is 12.1 Å². The molecule has 1 saturated heterocycles. The molecule has 1 aliphatic heterocycles. The number of carbonyl (C=O) groups is 1. The summed E-state index contributed by atoms with van der Waals surface area (Å²) in [5.74, 6) is -2.12. The van der Waals surface area contributed by atoms with Crippen molar-refractivity contribution in [3.63, 3.8) is 0 Å². The van der Waals surface area contributed by atoms with Gasteiger partial charge in [0.1, 0.15) is 0 Å². The van der Waals surface area contributed by atoms with Crippen LogP contribution in [0.4, 0.5) is 20.2 Å². The molecule has 0 bridgehead atoms. The van der Waals surface area contributed by atoms with Gasteiger partial charge in [-0.25, -0.2) is 8.78 Å². The van der Waals surface area contributed by atoms with Gasteiger partial charge in [-0.1, -0.05) is 19.1 Å². The van der Waals surface area contributed by atoms with Gasteiger partial charge in [-0.15, -0.1) is 0 Å². The molecule has 1 saturated carbocycles. The van der Waals surface area contributed by atoms with Gasteiger partial charge in [-0.05, 0) is 55.4 Å². The molecule has 4 nitrogen and oxygen atoms in total. The predicted molar refractivity (Wildman–Crippen MR) is 114 cm³/mol. The van der Waals surface area contributed by atoms with Crippen molar-refractivity contribution in [2.45, 2.75) is 63.8 Å². The van der Waals surface area contributed by atoms with E-state index in [0.29, 0.717) is 12.3 Å². The average Bonchev–Trinajstić information content (AvgIpc) is 3.59. The van der Waals surface area contributed by atoms with Crippen LogP contribution in [0.2, 0.25) is 0 Å². The Morgan fingerprint density at radius 1 is 1.13 bits per heavy atom. The van der Waals surface area contributed by atoms with Gasteiger partial charge in [0.15, 0.2) is 0 Å². The highest BCUT2D eigenvalue weighted by Crippen LogP contribution is 2.46. The summed E-state index contributed by atoms with van der Waals surface area (Å²) in [5.41, 5.74) is 3.26. The monoisotopic (exact) mass is 413 g/mol. The van der Waals surface area contributed by atoms with Crippen molar-refractivity contribution in [3.05, 3.63) is 53.9 Å². The fourth-order valence-electron chi connectivity index (χ4n) is 4.40. The number of anilines is 2. The molecule has 2 aromatic rings. The Kier molecular flexibility index (Phi) is 5.76. The number of aromatic nitrogens is 1. The SMILES string of the molecule is CCC(=O)N1CCC(N(c2ccc(C(C)(F)F)cc2)c2cnccc2C2CC2)CC1. The lowest BCUT2D eigenvalue weighted by molar-refractivity contribution is -0.131. The van der Waals surface area contributed by atoms with Crippen molar-refractivity contribution in [1.82, 2.24) is 9.88 Å². The van der Waals surface area contributed by atoms with Gasteiger partial charge in [0.25, 0.3) is 5.92 Å². The number of rotatable bonds is 6. The first-order valence-corrected chi connectivity index (χ1v) is 10.9. The van der Waals surface area contributed by atoms with Crippen LogP contribution in [0.25, 0.3) is 0 Å². The third-order valence-corrected chi connectivity index (χ3v) is 6.25. The fourth-order valence-corrected chi connectivity index (χ4v) is 4.40. The van der Waals surface area contributed by atoms with Crippen LogP contribution in [0.15, 0.2) is 42.7 Å². The molecule has 0 spiro atoms. The zero-order chi connectivity index (χ0) is 21.3. The van der Waals surface area contributed by atoms with Crippen molar-refractivity contribution in [2.75, 3.05) is 18.0 Å². The molecule has 0 N–H and O–H groups in total. The summed E-state index contributed by atoms with van der Waals surface area (Å²) in [6.45, 7) is 4.26. The molecule has 30 heavy (non-hydrogen) atoms. The van der Waals surface area contributed by atoms with Crippen LogP contribution in [-0.2, 0) is 10.7 Å². The maximum atomic E-state index is 13.7. The Bertz CT molecular complexity index is 882. The van der Waals surface area contributed by atoms with Gasteiger partial charge in [0.2, 0.25) is 5.91 Å². The Labute approximate surface area is 176 Å². The van der Waals surface area contributed by atoms with Crippen LogP contribution in [0.1, 0.15) is 63.0 Å². The van der Waals surface area contributed by atoms with Gasteiger partial charge in [-0.3, -0.25) is 9.78 Å². The van der Waals surface area contributed by atoms with E-state index in [1.165, 1.54) is 30.5 Å². The maximum absolute atomic E-state index is 13.7. The zero-order valence-corrected chi connectivity index (χ0v) is 17.7. The van der Waals surface area contributed by atoms with E-state index in [4.69, 9.17) is 0 Å². The molecule has 2 fully saturated rings. The van der Waals surface area contributed by atoms with Gasteiger partial charge in [0.05, 0.1) is 11.9 Å². The van der Waals surface area contributed by atoms with Crippen LogP contribution in [0.3, 0.4) is 0 Å². The van der Waals surface area contributed by atoms with E-state index in [1.807, 2.05) is 24.2 Å². The second kappa shape index (κ2) is 8.32. The molecule has 1 amide bonds. The van der Waals surface area contributed by atoms with Crippen molar-refractivity contribution in [3.8, 4) is 0 Å². The quantitative estimate of drug-likeness (QED) is 0.618. The van der Waals surface area contributed by atoms with Gasteiger partial charge in [-0.2, -0.15) is 0 Å². The first-order chi connectivity index (χ1) is 14.4. The van der Waals surface area contributed by atoms with Gasteiger partial charge < -0.3 is 9.80 Å². The lowest BCUT2D eigenvalue weighted by Crippen LogP contribution is -2.45. The summed E-state index contributed by atoms with van der Waals surface area (Å²) in [6.07, 6.45) is 8.30. The third kappa shape index (κ3) is 4.32. The number of likely N-dealkylation sites (tertiary alicyclic amines) is 1. The Morgan fingerprint density at radius 2 is 1.80 bits per heavy atom. The summed E-state index contributed by atoms with van der Waals surface area (Å²) in [7, 11) is 0. The van der Waals surface area contributed by atoms with Crippen LogP contribution in [0, 0.1) is 0 Å². The van der Waals surface area contributed by atoms with Crippen molar-refractivity contribution >= 4 is 17.3 Å². The molecule has 160 valence electrons. The molecule has 6 heteroatoms. The number of hydrogen-bond acceptors (Lipinski definition) is 3. The van der Waals surface area contributed by atoms with E-state index in [9.17, 15) is 13.6 Å². The Morgan fingerprint density at radius 3 is 2.37 bits per heavy atom. The number of nitrogens with zero attached hydrogens (tertiary/aromatic N) is 3. The van der Waals surface area contributed by atoms with Crippen molar-refractivity contribution < 1.29 is 13.6 Å². The number of amides is 1. The number of hydrogen-bond donors (Lipinski definition) is 0. The number of alkyl halides is 2. The molecule has 0 unspecified atom stereocenters. The highest BCUT2D eigenvalue weighted by molar-refractivity contribution is 5.76. The highest BCUT2D eigenvalue weighted by atomic mass is 19.3. The molecular weight excluding hydrogens is 384 g/mol. The number of benzene rings is 1. The maximum Gasteiger partial charge on any atom is 0.270 e.